The lowest BCUT2D eigenvalue weighted by molar-refractivity contribution is 0.0534. The molecule has 138 valence electrons. The molecule has 1 saturated heterocycles. The molecular formula is C21H21N3O3. The van der Waals surface area contributed by atoms with Crippen molar-refractivity contribution in [2.75, 3.05) is 26.3 Å². The lowest BCUT2D eigenvalue weighted by Crippen LogP contribution is -2.37. The molecule has 1 amide bonds. The zero-order valence-electron chi connectivity index (χ0n) is 14.9. The van der Waals surface area contributed by atoms with Crippen LogP contribution in [0.5, 0.6) is 0 Å². The number of β-amino-alcohol motifs (C(OH)–C–C–N with tert-alkyl or cyclic N) is 1. The highest BCUT2D eigenvalue weighted by atomic mass is 16.5. The fourth-order valence-electron chi connectivity index (χ4n) is 3.16. The van der Waals surface area contributed by atoms with E-state index < -0.39 is 6.10 Å². The average molecular weight is 363 g/mol. The molecule has 6 nitrogen and oxygen atoms in total. The summed E-state index contributed by atoms with van der Waals surface area (Å²) < 4.78 is 7.25. The first-order valence-electron chi connectivity index (χ1n) is 8.95. The van der Waals surface area contributed by atoms with Gasteiger partial charge in [0.1, 0.15) is 0 Å². The van der Waals surface area contributed by atoms with Gasteiger partial charge in [0.2, 0.25) is 0 Å². The fraction of sp³-hybridized carbons (Fsp3) is 0.238. The Bertz CT molecular complexity index is 906. The van der Waals surface area contributed by atoms with Crippen LogP contribution in [0, 0.1) is 0 Å². The minimum Gasteiger partial charge on any atom is -0.389 e. The summed E-state index contributed by atoms with van der Waals surface area (Å²) in [4.78, 5) is 18.8. The third-order valence-corrected chi connectivity index (χ3v) is 4.60. The van der Waals surface area contributed by atoms with Crippen molar-refractivity contribution in [3.63, 3.8) is 0 Å². The molecule has 2 aromatic carbocycles. The number of amides is 1. The fourth-order valence-corrected chi connectivity index (χ4v) is 3.16. The van der Waals surface area contributed by atoms with Crippen LogP contribution in [0.25, 0.3) is 16.9 Å². The second-order valence-electron chi connectivity index (χ2n) is 6.56. The normalized spacial score (nSPS) is 17.5. The molecule has 27 heavy (non-hydrogen) atoms. The Morgan fingerprint density at radius 3 is 2.67 bits per heavy atom. The van der Waals surface area contributed by atoms with E-state index in [0.717, 1.165) is 16.9 Å². The third-order valence-electron chi connectivity index (χ3n) is 4.60. The molecule has 0 spiro atoms. The highest BCUT2D eigenvalue weighted by molar-refractivity contribution is 5.94. The van der Waals surface area contributed by atoms with E-state index in [4.69, 9.17) is 4.74 Å². The Morgan fingerprint density at radius 1 is 1.11 bits per heavy atom. The number of hydrogen-bond donors (Lipinski definition) is 1. The molecule has 1 unspecified atom stereocenters. The molecule has 1 aliphatic rings. The van der Waals surface area contributed by atoms with Gasteiger partial charge in [-0.1, -0.05) is 30.3 Å². The van der Waals surface area contributed by atoms with Gasteiger partial charge in [-0.2, -0.15) is 0 Å². The quantitative estimate of drug-likeness (QED) is 0.776. The maximum atomic E-state index is 12.7. The number of hydrogen-bond acceptors (Lipinski definition) is 4. The lowest BCUT2D eigenvalue weighted by atomic mass is 10.1. The number of aliphatic hydroxyl groups excluding tert-OH is 1. The molecule has 0 saturated carbocycles. The number of rotatable bonds is 3. The highest BCUT2D eigenvalue weighted by Gasteiger charge is 2.22. The topological polar surface area (TPSA) is 67.6 Å². The van der Waals surface area contributed by atoms with Gasteiger partial charge in [0, 0.05) is 36.1 Å². The maximum Gasteiger partial charge on any atom is 0.254 e. The van der Waals surface area contributed by atoms with Crippen LogP contribution >= 0.6 is 0 Å². The van der Waals surface area contributed by atoms with Crippen molar-refractivity contribution in [3.05, 3.63) is 72.7 Å². The number of carbonyl (C=O) groups is 1. The van der Waals surface area contributed by atoms with Crippen LogP contribution in [0.1, 0.15) is 10.4 Å². The van der Waals surface area contributed by atoms with Crippen molar-refractivity contribution in [1.29, 1.82) is 0 Å². The number of ether oxygens (including phenoxy) is 1. The molecule has 0 aliphatic carbocycles. The van der Waals surface area contributed by atoms with E-state index in [-0.39, 0.29) is 12.5 Å². The Balaban J connectivity index is 1.51. The van der Waals surface area contributed by atoms with E-state index in [1.54, 1.807) is 23.4 Å². The summed E-state index contributed by atoms with van der Waals surface area (Å²) in [5.41, 5.74) is 3.43. The molecule has 0 radical (unpaired) electrons. The molecule has 1 N–H and O–H groups in total. The average Bonchev–Trinajstić information content (AvgIpc) is 3.11. The standard InChI is InChI=1S/C21H21N3O3/c25-19-12-23(10-11-27-14-19)21(26)17-8-6-16(7-9-17)20-13-24(15-22-20)18-4-2-1-3-5-18/h1-9,13,15,19,25H,10-12,14H2. The molecule has 1 aliphatic heterocycles. The van der Waals surface area contributed by atoms with Gasteiger partial charge in [0.15, 0.2) is 0 Å². The van der Waals surface area contributed by atoms with Crippen molar-refractivity contribution in [3.8, 4) is 16.9 Å². The first kappa shape index (κ1) is 17.5. The second-order valence-corrected chi connectivity index (χ2v) is 6.56. The Morgan fingerprint density at radius 2 is 1.89 bits per heavy atom. The summed E-state index contributed by atoms with van der Waals surface area (Å²) >= 11 is 0. The van der Waals surface area contributed by atoms with Gasteiger partial charge in [0.05, 0.1) is 31.3 Å². The second kappa shape index (κ2) is 7.73. The van der Waals surface area contributed by atoms with Crippen molar-refractivity contribution in [2.24, 2.45) is 0 Å². The predicted octanol–water partition coefficient (Wildman–Crippen LogP) is 2.37. The van der Waals surface area contributed by atoms with Crippen molar-refractivity contribution >= 4 is 5.91 Å². The van der Waals surface area contributed by atoms with Crippen LogP contribution in [0.3, 0.4) is 0 Å². The van der Waals surface area contributed by atoms with Crippen LogP contribution in [-0.2, 0) is 4.74 Å². The van der Waals surface area contributed by atoms with E-state index in [1.165, 1.54) is 0 Å². The van der Waals surface area contributed by atoms with Gasteiger partial charge >= 0.3 is 0 Å². The van der Waals surface area contributed by atoms with Crippen LogP contribution in [0.2, 0.25) is 0 Å². The van der Waals surface area contributed by atoms with Crippen LogP contribution in [0.15, 0.2) is 67.1 Å². The summed E-state index contributed by atoms with van der Waals surface area (Å²) in [6.45, 7) is 1.49. The molecule has 2 heterocycles. The van der Waals surface area contributed by atoms with Gasteiger partial charge in [-0.05, 0) is 24.3 Å². The zero-order chi connectivity index (χ0) is 18.6. The van der Waals surface area contributed by atoms with Crippen LogP contribution in [-0.4, -0.2) is 57.9 Å². The smallest absolute Gasteiger partial charge is 0.254 e. The molecule has 6 heteroatoms. The Kier molecular flexibility index (Phi) is 5.00. The number of imidazole rings is 1. The van der Waals surface area contributed by atoms with Gasteiger partial charge in [-0.3, -0.25) is 4.79 Å². The largest absolute Gasteiger partial charge is 0.389 e. The van der Waals surface area contributed by atoms with E-state index in [9.17, 15) is 9.90 Å². The minimum absolute atomic E-state index is 0.0964. The van der Waals surface area contributed by atoms with Gasteiger partial charge in [0.25, 0.3) is 5.91 Å². The summed E-state index contributed by atoms with van der Waals surface area (Å²) in [7, 11) is 0. The number of benzene rings is 2. The lowest BCUT2D eigenvalue weighted by Gasteiger charge is -2.21. The number of aliphatic hydroxyl groups is 1. The summed E-state index contributed by atoms with van der Waals surface area (Å²) in [6, 6.07) is 17.4. The van der Waals surface area contributed by atoms with E-state index in [1.807, 2.05) is 53.2 Å². The Labute approximate surface area is 157 Å². The molecule has 1 atom stereocenters. The molecule has 0 bridgehead atoms. The third kappa shape index (κ3) is 3.92. The summed E-state index contributed by atoms with van der Waals surface area (Å²) in [5.74, 6) is -0.0964. The monoisotopic (exact) mass is 363 g/mol. The number of para-hydroxylation sites is 1. The molecular weight excluding hydrogens is 342 g/mol. The van der Waals surface area contributed by atoms with Crippen molar-refractivity contribution in [1.82, 2.24) is 14.5 Å². The van der Waals surface area contributed by atoms with E-state index >= 15 is 0 Å². The minimum atomic E-state index is -0.641. The first-order valence-corrected chi connectivity index (χ1v) is 8.95. The van der Waals surface area contributed by atoms with E-state index in [2.05, 4.69) is 4.98 Å². The van der Waals surface area contributed by atoms with Crippen LogP contribution < -0.4 is 0 Å². The van der Waals surface area contributed by atoms with Crippen molar-refractivity contribution < 1.29 is 14.6 Å². The zero-order valence-corrected chi connectivity index (χ0v) is 14.9. The Hall–Kier alpha value is -2.96. The first-order chi connectivity index (χ1) is 13.2. The molecule has 1 fully saturated rings. The number of carbonyl (C=O) groups excluding carboxylic acids is 1. The number of nitrogens with zero attached hydrogens (tertiary/aromatic N) is 3. The predicted molar refractivity (Wildman–Crippen MR) is 102 cm³/mol. The summed E-state index contributed by atoms with van der Waals surface area (Å²) in [6.07, 6.45) is 3.11. The molecule has 4 rings (SSSR count). The van der Waals surface area contributed by atoms with Gasteiger partial charge in [-0.15, -0.1) is 0 Å². The number of aromatic nitrogens is 2. The highest BCUT2D eigenvalue weighted by Crippen LogP contribution is 2.20. The van der Waals surface area contributed by atoms with Gasteiger partial charge < -0.3 is 19.3 Å². The van der Waals surface area contributed by atoms with Crippen molar-refractivity contribution in [2.45, 2.75) is 6.10 Å². The van der Waals surface area contributed by atoms with Gasteiger partial charge in [-0.25, -0.2) is 4.98 Å². The molecule has 1 aromatic heterocycles. The maximum absolute atomic E-state index is 12.7. The van der Waals surface area contributed by atoms with E-state index in [0.29, 0.717) is 25.3 Å². The van der Waals surface area contributed by atoms with Crippen LogP contribution in [0.4, 0.5) is 0 Å². The SMILES string of the molecule is O=C(c1ccc(-c2cn(-c3ccccc3)cn2)cc1)N1CCOCC(O)C1. The molecule has 3 aromatic rings. The summed E-state index contributed by atoms with van der Waals surface area (Å²) in [5, 5.41) is 9.81.